The van der Waals surface area contributed by atoms with E-state index in [0.717, 1.165) is 13.0 Å². The highest BCUT2D eigenvalue weighted by Gasteiger charge is 2.15. The van der Waals surface area contributed by atoms with E-state index in [0.29, 0.717) is 0 Å². The van der Waals surface area contributed by atoms with E-state index >= 15 is 0 Å². The zero-order valence-corrected chi connectivity index (χ0v) is 8.66. The fourth-order valence-corrected chi connectivity index (χ4v) is 1.90. The Kier molecular flexibility index (Phi) is 2.19. The van der Waals surface area contributed by atoms with Crippen LogP contribution in [0.3, 0.4) is 0 Å². The highest BCUT2D eigenvalue weighted by atomic mass is 15.6. The lowest BCUT2D eigenvalue weighted by Crippen LogP contribution is -2.23. The lowest BCUT2D eigenvalue weighted by atomic mass is 10.1. The predicted molar refractivity (Wildman–Crippen MR) is 61.6 cm³/mol. The molecular weight excluding hydrogens is 186 g/mol. The number of aromatic nitrogens is 1. The Hall–Kier alpha value is -1.32. The maximum atomic E-state index is 3.38. The van der Waals surface area contributed by atoms with Gasteiger partial charge in [0.1, 0.15) is 0 Å². The van der Waals surface area contributed by atoms with E-state index in [1.807, 2.05) is 0 Å². The van der Waals surface area contributed by atoms with Crippen LogP contribution in [0.25, 0.3) is 10.9 Å². The summed E-state index contributed by atoms with van der Waals surface area (Å²) in [5.41, 5.74) is 6.02. The number of benzene rings is 1. The lowest BCUT2D eigenvalue weighted by molar-refractivity contribution is 0.407. The summed E-state index contributed by atoms with van der Waals surface area (Å²) >= 11 is 0. The minimum absolute atomic E-state index is 1.03. The quantitative estimate of drug-likeness (QED) is 0.735. The van der Waals surface area contributed by atoms with Gasteiger partial charge < -0.3 is 4.98 Å². The predicted octanol–water partition coefficient (Wildman–Crippen LogP) is 1.53. The number of rotatable bonds is 4. The Bertz CT molecular complexity index is 457. The third-order valence-electron chi connectivity index (χ3n) is 2.85. The molecule has 1 aliphatic rings. The van der Waals surface area contributed by atoms with Gasteiger partial charge in [-0.1, -0.05) is 18.2 Å². The number of hydrogen-bond donors (Lipinski definition) is 2. The molecule has 3 rings (SSSR count). The second kappa shape index (κ2) is 3.68. The van der Waals surface area contributed by atoms with Crippen LogP contribution in [-0.2, 0) is 6.42 Å². The molecule has 2 aromatic rings. The maximum Gasteiger partial charge on any atom is 0.0456 e. The standard InChI is InChI=1S/C12H15N3/c1-2-4-12-11(3-1)10(9-13-12)5-6-14-15-7-8-15/h1-4,9,13-14H,5-8H2. The number of hydrazine groups is 1. The molecule has 0 saturated carbocycles. The monoisotopic (exact) mass is 201 g/mol. The number of H-pyrrole nitrogens is 1. The Morgan fingerprint density at radius 2 is 2.13 bits per heavy atom. The van der Waals surface area contributed by atoms with Gasteiger partial charge in [0.25, 0.3) is 0 Å². The summed E-state index contributed by atoms with van der Waals surface area (Å²) in [6, 6.07) is 8.46. The van der Waals surface area contributed by atoms with Crippen molar-refractivity contribution in [2.75, 3.05) is 19.6 Å². The van der Waals surface area contributed by atoms with E-state index in [-0.39, 0.29) is 0 Å². The van der Waals surface area contributed by atoms with Gasteiger partial charge in [0, 0.05) is 36.7 Å². The van der Waals surface area contributed by atoms with Gasteiger partial charge in [0.2, 0.25) is 0 Å². The molecule has 0 aliphatic carbocycles. The topological polar surface area (TPSA) is 30.8 Å². The zero-order chi connectivity index (χ0) is 10.1. The number of fused-ring (bicyclic) bond motifs is 1. The molecule has 0 atom stereocenters. The molecule has 1 saturated heterocycles. The summed E-state index contributed by atoms with van der Waals surface area (Å²) in [5, 5.41) is 3.58. The van der Waals surface area contributed by atoms with Crippen molar-refractivity contribution < 1.29 is 0 Å². The van der Waals surface area contributed by atoms with E-state index in [9.17, 15) is 0 Å². The van der Waals surface area contributed by atoms with E-state index in [1.165, 1.54) is 29.6 Å². The first-order chi connectivity index (χ1) is 7.43. The van der Waals surface area contributed by atoms with Crippen molar-refractivity contribution >= 4 is 10.9 Å². The largest absolute Gasteiger partial charge is 0.361 e. The smallest absolute Gasteiger partial charge is 0.0456 e. The lowest BCUT2D eigenvalue weighted by Gasteiger charge is -2.02. The van der Waals surface area contributed by atoms with Crippen molar-refractivity contribution in [1.82, 2.24) is 15.4 Å². The molecule has 0 bridgehead atoms. The van der Waals surface area contributed by atoms with Crippen molar-refractivity contribution in [3.05, 3.63) is 36.0 Å². The molecular formula is C12H15N3. The minimum atomic E-state index is 1.03. The van der Waals surface area contributed by atoms with Gasteiger partial charge in [0.15, 0.2) is 0 Å². The van der Waals surface area contributed by atoms with Gasteiger partial charge in [-0.2, -0.15) is 0 Å². The Morgan fingerprint density at radius 1 is 1.27 bits per heavy atom. The van der Waals surface area contributed by atoms with Crippen molar-refractivity contribution in [3.8, 4) is 0 Å². The van der Waals surface area contributed by atoms with Crippen LogP contribution in [0.1, 0.15) is 5.56 Å². The van der Waals surface area contributed by atoms with Gasteiger partial charge in [-0.3, -0.25) is 5.43 Å². The number of nitrogens with zero attached hydrogens (tertiary/aromatic N) is 1. The van der Waals surface area contributed by atoms with Gasteiger partial charge in [-0.15, -0.1) is 0 Å². The van der Waals surface area contributed by atoms with Gasteiger partial charge >= 0.3 is 0 Å². The van der Waals surface area contributed by atoms with E-state index in [4.69, 9.17) is 0 Å². The summed E-state index contributed by atoms with van der Waals surface area (Å²) < 4.78 is 0. The van der Waals surface area contributed by atoms with Crippen molar-refractivity contribution in [3.63, 3.8) is 0 Å². The molecule has 78 valence electrons. The van der Waals surface area contributed by atoms with Gasteiger partial charge in [0.05, 0.1) is 0 Å². The maximum absolute atomic E-state index is 3.38. The van der Waals surface area contributed by atoms with E-state index in [1.54, 1.807) is 0 Å². The molecule has 15 heavy (non-hydrogen) atoms. The zero-order valence-electron chi connectivity index (χ0n) is 8.66. The second-order valence-electron chi connectivity index (χ2n) is 4.00. The number of hydrogen-bond acceptors (Lipinski definition) is 2. The molecule has 0 unspecified atom stereocenters. The molecule has 0 spiro atoms. The van der Waals surface area contributed by atoms with Crippen LogP contribution in [0, 0.1) is 0 Å². The van der Waals surface area contributed by atoms with E-state index < -0.39 is 0 Å². The van der Waals surface area contributed by atoms with Crippen LogP contribution in [0.2, 0.25) is 0 Å². The van der Waals surface area contributed by atoms with Crippen molar-refractivity contribution in [1.29, 1.82) is 0 Å². The molecule has 1 aromatic heterocycles. The molecule has 2 N–H and O–H groups in total. The molecule has 3 nitrogen and oxygen atoms in total. The normalized spacial score (nSPS) is 16.0. The van der Waals surface area contributed by atoms with Crippen LogP contribution in [-0.4, -0.2) is 29.6 Å². The first-order valence-electron chi connectivity index (χ1n) is 5.47. The van der Waals surface area contributed by atoms with E-state index in [2.05, 4.69) is 45.9 Å². The highest BCUT2D eigenvalue weighted by Crippen LogP contribution is 2.17. The summed E-state index contributed by atoms with van der Waals surface area (Å²) in [6.45, 7) is 3.43. The number of nitrogens with one attached hydrogen (secondary N) is 2. The SMILES string of the molecule is c1ccc2c(CCNN3CC3)c[nH]c2c1. The molecule has 1 aliphatic heterocycles. The average molecular weight is 201 g/mol. The van der Waals surface area contributed by atoms with Crippen LogP contribution in [0.4, 0.5) is 0 Å². The highest BCUT2D eigenvalue weighted by molar-refractivity contribution is 5.83. The van der Waals surface area contributed by atoms with Gasteiger partial charge in [-0.25, -0.2) is 5.01 Å². The molecule has 1 fully saturated rings. The molecule has 3 heteroatoms. The third-order valence-corrected chi connectivity index (χ3v) is 2.85. The minimum Gasteiger partial charge on any atom is -0.361 e. The van der Waals surface area contributed by atoms with Crippen molar-refractivity contribution in [2.45, 2.75) is 6.42 Å². The first-order valence-corrected chi connectivity index (χ1v) is 5.47. The number of para-hydroxylation sites is 1. The fraction of sp³-hybridized carbons (Fsp3) is 0.333. The van der Waals surface area contributed by atoms with Crippen LogP contribution in [0.15, 0.2) is 30.5 Å². The Morgan fingerprint density at radius 3 is 3.00 bits per heavy atom. The van der Waals surface area contributed by atoms with Crippen molar-refractivity contribution in [2.24, 2.45) is 0 Å². The first kappa shape index (κ1) is 8.95. The van der Waals surface area contributed by atoms with Crippen LogP contribution >= 0.6 is 0 Å². The fourth-order valence-electron chi connectivity index (χ4n) is 1.90. The molecule has 0 radical (unpaired) electrons. The Balaban J connectivity index is 1.72. The summed E-state index contributed by atoms with van der Waals surface area (Å²) in [4.78, 5) is 3.30. The van der Waals surface area contributed by atoms with Crippen LogP contribution in [0.5, 0.6) is 0 Å². The average Bonchev–Trinajstić information content (AvgIpc) is 3.00. The number of aromatic amines is 1. The molecule has 0 amide bonds. The Labute approximate surface area is 89.1 Å². The third kappa shape index (κ3) is 1.89. The molecule has 2 heterocycles. The second-order valence-corrected chi connectivity index (χ2v) is 4.00. The summed E-state index contributed by atoms with van der Waals surface area (Å²) in [5.74, 6) is 0. The summed E-state index contributed by atoms with van der Waals surface area (Å²) in [7, 11) is 0. The molecule has 1 aromatic carbocycles. The van der Waals surface area contributed by atoms with Gasteiger partial charge in [-0.05, 0) is 18.1 Å². The summed E-state index contributed by atoms with van der Waals surface area (Å²) in [6.07, 6.45) is 3.20. The van der Waals surface area contributed by atoms with Crippen LogP contribution < -0.4 is 5.43 Å².